The predicted molar refractivity (Wildman–Crippen MR) is 65.3 cm³/mol. The second kappa shape index (κ2) is 4.50. The first-order valence-corrected chi connectivity index (χ1v) is 6.25. The van der Waals surface area contributed by atoms with Crippen LogP contribution >= 0.6 is 0 Å². The van der Waals surface area contributed by atoms with Crippen LogP contribution in [0, 0.1) is 6.92 Å². The van der Waals surface area contributed by atoms with E-state index >= 15 is 0 Å². The van der Waals surface area contributed by atoms with E-state index in [4.69, 9.17) is 10.7 Å². The van der Waals surface area contributed by atoms with Crippen molar-refractivity contribution in [3.63, 3.8) is 0 Å². The third-order valence-electron chi connectivity index (χ3n) is 3.59. The van der Waals surface area contributed by atoms with Gasteiger partial charge in [0.05, 0.1) is 0 Å². The zero-order valence-electron chi connectivity index (χ0n) is 10.3. The quantitative estimate of drug-likeness (QED) is 0.844. The molecule has 0 atom stereocenters. The molecule has 0 aliphatic heterocycles. The lowest BCUT2D eigenvalue weighted by Crippen LogP contribution is -2.43. The summed E-state index contributed by atoms with van der Waals surface area (Å²) in [6.07, 6.45) is 5.73. The first-order valence-electron chi connectivity index (χ1n) is 6.25. The van der Waals surface area contributed by atoms with Crippen LogP contribution in [0.2, 0.25) is 0 Å². The summed E-state index contributed by atoms with van der Waals surface area (Å²) >= 11 is 0. The normalized spacial score (nSPS) is 18.2. The van der Waals surface area contributed by atoms with Crippen molar-refractivity contribution >= 4 is 0 Å². The summed E-state index contributed by atoms with van der Waals surface area (Å²) in [6.45, 7) is 4.91. The van der Waals surface area contributed by atoms with Crippen LogP contribution in [0.4, 0.5) is 0 Å². The smallest absolute Gasteiger partial charge is 0.136 e. The van der Waals surface area contributed by atoms with Crippen molar-refractivity contribution in [2.45, 2.75) is 51.4 Å². The average molecular weight is 219 g/mol. The van der Waals surface area contributed by atoms with Crippen molar-refractivity contribution in [2.75, 3.05) is 6.54 Å². The van der Waals surface area contributed by atoms with E-state index in [0.29, 0.717) is 6.54 Å². The third kappa shape index (κ3) is 1.96. The molecule has 0 aromatic carbocycles. The largest absolute Gasteiger partial charge is 0.329 e. The van der Waals surface area contributed by atoms with Gasteiger partial charge < -0.3 is 5.73 Å². The van der Waals surface area contributed by atoms with Gasteiger partial charge in [-0.25, -0.2) is 9.97 Å². The number of aryl methyl sites for hydroxylation is 2. The Kier molecular flexibility index (Phi) is 3.24. The SMILES string of the molecule is CCCc1cc(C)nc(C2(CN)CCC2)n1. The predicted octanol–water partition coefficient (Wildman–Crippen LogP) is 2.12. The highest BCUT2D eigenvalue weighted by atomic mass is 14.9. The van der Waals surface area contributed by atoms with Gasteiger partial charge in [-0.05, 0) is 32.3 Å². The lowest BCUT2D eigenvalue weighted by atomic mass is 9.68. The molecule has 1 fully saturated rings. The van der Waals surface area contributed by atoms with Crippen molar-refractivity contribution in [1.29, 1.82) is 0 Å². The lowest BCUT2D eigenvalue weighted by Gasteiger charge is -2.39. The molecule has 3 nitrogen and oxygen atoms in total. The number of aromatic nitrogens is 2. The van der Waals surface area contributed by atoms with E-state index in [9.17, 15) is 0 Å². The van der Waals surface area contributed by atoms with Gasteiger partial charge in [0.25, 0.3) is 0 Å². The fraction of sp³-hybridized carbons (Fsp3) is 0.692. The Morgan fingerprint density at radius 2 is 2.12 bits per heavy atom. The van der Waals surface area contributed by atoms with E-state index in [-0.39, 0.29) is 5.41 Å². The molecule has 1 aliphatic rings. The summed E-state index contributed by atoms with van der Waals surface area (Å²) in [5, 5.41) is 0. The van der Waals surface area contributed by atoms with E-state index in [1.807, 2.05) is 6.92 Å². The van der Waals surface area contributed by atoms with E-state index in [1.165, 1.54) is 12.1 Å². The van der Waals surface area contributed by atoms with Crippen molar-refractivity contribution in [1.82, 2.24) is 9.97 Å². The molecule has 88 valence electrons. The Morgan fingerprint density at radius 3 is 2.62 bits per heavy atom. The van der Waals surface area contributed by atoms with Gasteiger partial charge in [-0.1, -0.05) is 19.8 Å². The number of hydrogen-bond donors (Lipinski definition) is 1. The minimum Gasteiger partial charge on any atom is -0.329 e. The molecule has 0 radical (unpaired) electrons. The molecule has 0 bridgehead atoms. The second-order valence-corrected chi connectivity index (χ2v) is 4.91. The van der Waals surface area contributed by atoms with Gasteiger partial charge in [0, 0.05) is 23.3 Å². The highest BCUT2D eigenvalue weighted by Gasteiger charge is 2.40. The zero-order chi connectivity index (χ0) is 11.6. The van der Waals surface area contributed by atoms with Crippen LogP contribution in [0.25, 0.3) is 0 Å². The monoisotopic (exact) mass is 219 g/mol. The van der Waals surface area contributed by atoms with Crippen molar-refractivity contribution in [3.05, 3.63) is 23.3 Å². The zero-order valence-corrected chi connectivity index (χ0v) is 10.3. The molecular formula is C13H21N3. The summed E-state index contributed by atoms with van der Waals surface area (Å²) in [5.41, 5.74) is 8.23. The maximum Gasteiger partial charge on any atom is 0.136 e. The Morgan fingerprint density at radius 1 is 1.38 bits per heavy atom. The molecule has 2 N–H and O–H groups in total. The minimum atomic E-state index is 0.0918. The minimum absolute atomic E-state index is 0.0918. The molecule has 1 aromatic heterocycles. The molecule has 16 heavy (non-hydrogen) atoms. The van der Waals surface area contributed by atoms with Gasteiger partial charge in [0.2, 0.25) is 0 Å². The van der Waals surface area contributed by atoms with Gasteiger partial charge in [-0.3, -0.25) is 0 Å². The maximum atomic E-state index is 5.89. The van der Waals surface area contributed by atoms with Gasteiger partial charge >= 0.3 is 0 Å². The molecule has 0 saturated heterocycles. The van der Waals surface area contributed by atoms with E-state index in [1.54, 1.807) is 0 Å². The topological polar surface area (TPSA) is 51.8 Å². The molecule has 0 amide bonds. The summed E-state index contributed by atoms with van der Waals surface area (Å²) in [4.78, 5) is 9.29. The van der Waals surface area contributed by atoms with Crippen molar-refractivity contribution < 1.29 is 0 Å². The van der Waals surface area contributed by atoms with Gasteiger partial charge in [-0.15, -0.1) is 0 Å². The van der Waals surface area contributed by atoms with Crippen molar-refractivity contribution in [3.8, 4) is 0 Å². The third-order valence-corrected chi connectivity index (χ3v) is 3.59. The average Bonchev–Trinajstić information content (AvgIpc) is 2.16. The summed E-state index contributed by atoms with van der Waals surface area (Å²) < 4.78 is 0. The van der Waals surface area contributed by atoms with Crippen LogP contribution in [0.3, 0.4) is 0 Å². The fourth-order valence-corrected chi connectivity index (χ4v) is 2.38. The molecule has 0 unspecified atom stereocenters. The van der Waals surface area contributed by atoms with E-state index in [2.05, 4.69) is 18.0 Å². The maximum absolute atomic E-state index is 5.89. The van der Waals surface area contributed by atoms with Crippen LogP contribution in [0.1, 0.15) is 49.8 Å². The Bertz CT molecular complexity index is 364. The Balaban J connectivity index is 2.32. The van der Waals surface area contributed by atoms with Gasteiger partial charge in [0.15, 0.2) is 0 Å². The number of nitrogens with zero attached hydrogens (tertiary/aromatic N) is 2. The van der Waals surface area contributed by atoms with Crippen LogP contribution in [0.5, 0.6) is 0 Å². The van der Waals surface area contributed by atoms with Crippen LogP contribution in [-0.4, -0.2) is 16.5 Å². The van der Waals surface area contributed by atoms with E-state index < -0.39 is 0 Å². The highest BCUT2D eigenvalue weighted by Crippen LogP contribution is 2.41. The molecule has 1 aromatic rings. The number of nitrogens with two attached hydrogens (primary N) is 1. The summed E-state index contributed by atoms with van der Waals surface area (Å²) in [6, 6.07) is 2.09. The van der Waals surface area contributed by atoms with Crippen molar-refractivity contribution in [2.24, 2.45) is 5.73 Å². The molecule has 3 heteroatoms. The van der Waals surface area contributed by atoms with Gasteiger partial charge in [0.1, 0.15) is 5.82 Å². The molecule has 1 aliphatic carbocycles. The van der Waals surface area contributed by atoms with Crippen LogP contribution < -0.4 is 5.73 Å². The molecule has 1 heterocycles. The van der Waals surface area contributed by atoms with Gasteiger partial charge in [-0.2, -0.15) is 0 Å². The van der Waals surface area contributed by atoms with E-state index in [0.717, 1.165) is 37.2 Å². The summed E-state index contributed by atoms with van der Waals surface area (Å²) in [7, 11) is 0. The Labute approximate surface area is 97.5 Å². The first kappa shape index (κ1) is 11.5. The van der Waals surface area contributed by atoms with Crippen LogP contribution in [0.15, 0.2) is 6.07 Å². The molecule has 0 spiro atoms. The highest BCUT2D eigenvalue weighted by molar-refractivity contribution is 5.19. The molecular weight excluding hydrogens is 198 g/mol. The Hall–Kier alpha value is -0.960. The van der Waals surface area contributed by atoms with Crippen LogP contribution in [-0.2, 0) is 11.8 Å². The molecule has 2 rings (SSSR count). The molecule has 1 saturated carbocycles. The summed E-state index contributed by atoms with van der Waals surface area (Å²) in [5.74, 6) is 0.990. The lowest BCUT2D eigenvalue weighted by molar-refractivity contribution is 0.237. The number of hydrogen-bond acceptors (Lipinski definition) is 3. The standard InChI is InChI=1S/C13H21N3/c1-3-5-11-8-10(2)15-12(16-11)13(9-14)6-4-7-13/h8H,3-7,9,14H2,1-2H3. The fourth-order valence-electron chi connectivity index (χ4n) is 2.38. The number of rotatable bonds is 4. The second-order valence-electron chi connectivity index (χ2n) is 4.91. The first-order chi connectivity index (χ1) is 7.70.